The number of benzene rings is 1. The lowest BCUT2D eigenvalue weighted by Crippen LogP contribution is -2.33. The zero-order valence-corrected chi connectivity index (χ0v) is 15.4. The van der Waals surface area contributed by atoms with Gasteiger partial charge in [0.1, 0.15) is 5.92 Å². The van der Waals surface area contributed by atoms with Crippen LogP contribution in [-0.4, -0.2) is 36.9 Å². The van der Waals surface area contributed by atoms with Crippen molar-refractivity contribution in [2.24, 2.45) is 5.92 Å². The van der Waals surface area contributed by atoms with Crippen LogP contribution in [0.25, 0.3) is 0 Å². The number of thiophene rings is 1. The second-order valence-corrected chi connectivity index (χ2v) is 7.75. The standard InChI is InChI=1S/C19H18F2N2O3S/c1-23-7-11(12-9-27-15-8-26-6-5-10(12)15)16(19(23)25)18(24)22-14-4-2-3-13(20)17(14)21/h2-4,9,11,16H,5-8H2,1H3,(H,22,24)/t11-,16+/m1/s1. The number of rotatable bonds is 3. The Hall–Kier alpha value is -2.32. The first-order valence-electron chi connectivity index (χ1n) is 8.64. The molecule has 0 radical (unpaired) electrons. The third kappa shape index (κ3) is 3.12. The van der Waals surface area contributed by atoms with Crippen LogP contribution in [0.4, 0.5) is 14.5 Å². The molecule has 1 fully saturated rings. The van der Waals surface area contributed by atoms with E-state index in [0.29, 0.717) is 19.8 Å². The average molecular weight is 392 g/mol. The van der Waals surface area contributed by atoms with Crippen molar-refractivity contribution in [3.8, 4) is 0 Å². The number of hydrogen-bond donors (Lipinski definition) is 1. The number of fused-ring (bicyclic) bond motifs is 1. The molecule has 1 aromatic carbocycles. The molecule has 0 saturated carbocycles. The van der Waals surface area contributed by atoms with E-state index in [2.05, 4.69) is 5.32 Å². The van der Waals surface area contributed by atoms with E-state index in [4.69, 9.17) is 4.74 Å². The highest BCUT2D eigenvalue weighted by Crippen LogP contribution is 2.40. The molecule has 2 atom stereocenters. The number of halogens is 2. The van der Waals surface area contributed by atoms with Gasteiger partial charge in [0.05, 0.1) is 18.9 Å². The van der Waals surface area contributed by atoms with E-state index in [1.165, 1.54) is 17.0 Å². The summed E-state index contributed by atoms with van der Waals surface area (Å²) in [5, 5.41) is 4.38. The van der Waals surface area contributed by atoms with E-state index >= 15 is 0 Å². The Kier molecular flexibility index (Phi) is 4.69. The lowest BCUT2D eigenvalue weighted by molar-refractivity contribution is -0.135. The predicted molar refractivity (Wildman–Crippen MR) is 96.5 cm³/mol. The van der Waals surface area contributed by atoms with Gasteiger partial charge in [0, 0.05) is 24.4 Å². The quantitative estimate of drug-likeness (QED) is 0.818. The normalized spacial score (nSPS) is 22.0. The third-order valence-corrected chi connectivity index (χ3v) is 6.17. The Morgan fingerprint density at radius 3 is 3.00 bits per heavy atom. The van der Waals surface area contributed by atoms with Gasteiger partial charge >= 0.3 is 0 Å². The molecule has 4 rings (SSSR count). The number of carbonyl (C=O) groups is 2. The van der Waals surface area contributed by atoms with E-state index in [0.717, 1.165) is 28.5 Å². The zero-order valence-electron chi connectivity index (χ0n) is 14.6. The molecule has 0 unspecified atom stereocenters. The lowest BCUT2D eigenvalue weighted by atomic mass is 9.85. The summed E-state index contributed by atoms with van der Waals surface area (Å²) in [6.45, 7) is 1.56. The molecule has 2 aliphatic heterocycles. The van der Waals surface area contributed by atoms with Gasteiger partial charge in [-0.15, -0.1) is 11.3 Å². The molecule has 0 aliphatic carbocycles. The number of anilines is 1. The molecule has 1 N–H and O–H groups in total. The molecule has 8 heteroatoms. The SMILES string of the molecule is CN1C[C@H](c2csc3c2CCOC3)[C@@H](C(=O)Nc2cccc(F)c2F)C1=O. The van der Waals surface area contributed by atoms with Crippen molar-refractivity contribution >= 4 is 28.8 Å². The van der Waals surface area contributed by atoms with Crippen LogP contribution < -0.4 is 5.32 Å². The second kappa shape index (κ2) is 7.01. The van der Waals surface area contributed by atoms with Crippen LogP contribution in [0.5, 0.6) is 0 Å². The van der Waals surface area contributed by atoms with Crippen molar-refractivity contribution in [3.05, 3.63) is 51.2 Å². The number of amides is 2. The van der Waals surface area contributed by atoms with Gasteiger partial charge in [-0.25, -0.2) is 8.78 Å². The predicted octanol–water partition coefficient (Wildman–Crippen LogP) is 2.91. The maximum atomic E-state index is 13.9. The summed E-state index contributed by atoms with van der Waals surface area (Å²) in [5.41, 5.74) is 1.87. The number of carbonyl (C=O) groups excluding carboxylic acids is 2. The number of nitrogens with zero attached hydrogens (tertiary/aromatic N) is 1. The maximum Gasteiger partial charge on any atom is 0.237 e. The highest BCUT2D eigenvalue weighted by molar-refractivity contribution is 7.10. The van der Waals surface area contributed by atoms with Crippen LogP contribution >= 0.6 is 11.3 Å². The van der Waals surface area contributed by atoms with Crippen LogP contribution in [0.1, 0.15) is 21.9 Å². The van der Waals surface area contributed by atoms with E-state index in [-0.39, 0.29) is 17.5 Å². The lowest BCUT2D eigenvalue weighted by Gasteiger charge is -2.20. The van der Waals surface area contributed by atoms with Gasteiger partial charge in [0.25, 0.3) is 0 Å². The fourth-order valence-corrected chi connectivity index (χ4v) is 4.88. The number of hydrogen-bond acceptors (Lipinski definition) is 4. The van der Waals surface area contributed by atoms with Crippen molar-refractivity contribution in [3.63, 3.8) is 0 Å². The molecule has 1 saturated heterocycles. The smallest absolute Gasteiger partial charge is 0.237 e. The second-order valence-electron chi connectivity index (χ2n) is 6.79. The molecule has 0 bridgehead atoms. The van der Waals surface area contributed by atoms with Gasteiger partial charge in [-0.2, -0.15) is 0 Å². The van der Waals surface area contributed by atoms with Crippen molar-refractivity contribution in [1.29, 1.82) is 0 Å². The summed E-state index contributed by atoms with van der Waals surface area (Å²) in [6.07, 6.45) is 0.745. The molecule has 142 valence electrons. The molecule has 3 heterocycles. The van der Waals surface area contributed by atoms with E-state index in [9.17, 15) is 18.4 Å². The largest absolute Gasteiger partial charge is 0.376 e. The van der Waals surface area contributed by atoms with Crippen LogP contribution in [0, 0.1) is 17.6 Å². The van der Waals surface area contributed by atoms with Gasteiger partial charge in [0.2, 0.25) is 11.8 Å². The number of nitrogens with one attached hydrogen (secondary N) is 1. The van der Waals surface area contributed by atoms with Gasteiger partial charge in [0.15, 0.2) is 11.6 Å². The van der Waals surface area contributed by atoms with Gasteiger partial charge < -0.3 is 15.0 Å². The molecule has 0 spiro atoms. The van der Waals surface area contributed by atoms with Crippen LogP contribution in [-0.2, 0) is 27.4 Å². The minimum Gasteiger partial charge on any atom is -0.376 e. The van der Waals surface area contributed by atoms with Gasteiger partial charge in [-0.05, 0) is 35.1 Å². The molecule has 27 heavy (non-hydrogen) atoms. The Morgan fingerprint density at radius 2 is 2.19 bits per heavy atom. The molecule has 2 aliphatic rings. The number of likely N-dealkylation sites (N-methyl/N-ethyl adjacent to an activating group) is 1. The summed E-state index contributed by atoms with van der Waals surface area (Å²) in [7, 11) is 1.65. The summed E-state index contributed by atoms with van der Waals surface area (Å²) >= 11 is 1.57. The summed E-state index contributed by atoms with van der Waals surface area (Å²) in [6, 6.07) is 3.56. The molecular formula is C19H18F2N2O3S. The van der Waals surface area contributed by atoms with Gasteiger partial charge in [-0.3, -0.25) is 9.59 Å². The van der Waals surface area contributed by atoms with Crippen molar-refractivity contribution in [2.45, 2.75) is 18.9 Å². The Morgan fingerprint density at radius 1 is 1.37 bits per heavy atom. The first-order chi connectivity index (χ1) is 13.0. The maximum absolute atomic E-state index is 13.9. The molecule has 1 aromatic heterocycles. The summed E-state index contributed by atoms with van der Waals surface area (Å²) in [4.78, 5) is 28.1. The number of ether oxygens (including phenoxy) is 1. The minimum atomic E-state index is -1.13. The molecule has 2 aromatic rings. The summed E-state index contributed by atoms with van der Waals surface area (Å²) in [5.74, 6) is -4.42. The Labute approximate surface area is 158 Å². The van der Waals surface area contributed by atoms with E-state index in [1.54, 1.807) is 18.4 Å². The average Bonchev–Trinajstić information content (AvgIpc) is 3.20. The van der Waals surface area contributed by atoms with E-state index in [1.807, 2.05) is 5.38 Å². The fraction of sp³-hybridized carbons (Fsp3) is 0.368. The van der Waals surface area contributed by atoms with E-state index < -0.39 is 23.5 Å². The fourth-order valence-electron chi connectivity index (χ4n) is 3.78. The van der Waals surface area contributed by atoms with Gasteiger partial charge in [-0.1, -0.05) is 6.07 Å². The number of likely N-dealkylation sites (tertiary alicyclic amines) is 1. The van der Waals surface area contributed by atoms with Crippen LogP contribution in [0.3, 0.4) is 0 Å². The molecular weight excluding hydrogens is 374 g/mol. The first kappa shape index (κ1) is 18.1. The van der Waals surface area contributed by atoms with Crippen molar-refractivity contribution in [1.82, 2.24) is 4.90 Å². The molecule has 2 amide bonds. The Balaban J connectivity index is 1.64. The third-order valence-electron chi connectivity index (χ3n) is 5.15. The minimum absolute atomic E-state index is 0.262. The summed E-state index contributed by atoms with van der Waals surface area (Å²) < 4.78 is 32.8. The van der Waals surface area contributed by atoms with Crippen molar-refractivity contribution in [2.75, 3.05) is 25.5 Å². The molecule has 5 nitrogen and oxygen atoms in total. The highest BCUT2D eigenvalue weighted by Gasteiger charge is 2.45. The monoisotopic (exact) mass is 392 g/mol. The topological polar surface area (TPSA) is 58.6 Å². The first-order valence-corrected chi connectivity index (χ1v) is 9.52. The Bertz CT molecular complexity index is 914. The highest BCUT2D eigenvalue weighted by atomic mass is 32.1. The van der Waals surface area contributed by atoms with Crippen molar-refractivity contribution < 1.29 is 23.1 Å². The zero-order chi connectivity index (χ0) is 19.1. The van der Waals surface area contributed by atoms with Crippen LogP contribution in [0.15, 0.2) is 23.6 Å². The van der Waals surface area contributed by atoms with Crippen LogP contribution in [0.2, 0.25) is 0 Å².